The Bertz CT molecular complexity index is 1040. The van der Waals surface area contributed by atoms with E-state index in [9.17, 15) is 14.4 Å². The van der Waals surface area contributed by atoms with Crippen LogP contribution in [0.2, 0.25) is 0 Å². The third kappa shape index (κ3) is 7.31. The monoisotopic (exact) mass is 450 g/mol. The Hall–Kier alpha value is -3.52. The zero-order valence-corrected chi connectivity index (χ0v) is 18.7. The molecule has 0 saturated heterocycles. The van der Waals surface area contributed by atoms with E-state index in [0.29, 0.717) is 23.8 Å². The number of thiazole rings is 1. The van der Waals surface area contributed by atoms with E-state index < -0.39 is 0 Å². The second-order valence-corrected chi connectivity index (χ2v) is 8.18. The van der Waals surface area contributed by atoms with Crippen LogP contribution in [-0.2, 0) is 20.8 Å². The lowest BCUT2D eigenvalue weighted by atomic mass is 10.1. The van der Waals surface area contributed by atoms with Crippen molar-refractivity contribution in [2.75, 3.05) is 23.3 Å². The summed E-state index contributed by atoms with van der Waals surface area (Å²) in [7, 11) is 0. The number of benzene rings is 2. The lowest BCUT2D eigenvalue weighted by Crippen LogP contribution is -2.41. The Morgan fingerprint density at radius 1 is 1.00 bits per heavy atom. The van der Waals surface area contributed by atoms with Gasteiger partial charge in [-0.1, -0.05) is 42.5 Å². The smallest absolute Gasteiger partial charge is 0.240 e. The van der Waals surface area contributed by atoms with Gasteiger partial charge < -0.3 is 15.5 Å². The Kier molecular flexibility index (Phi) is 8.51. The molecule has 7 nitrogen and oxygen atoms in total. The summed E-state index contributed by atoms with van der Waals surface area (Å²) in [6, 6.07) is 17.3. The molecule has 3 amide bonds. The fraction of sp³-hybridized carbons (Fsp3) is 0.250. The molecule has 0 fully saturated rings. The Morgan fingerprint density at radius 2 is 1.81 bits per heavy atom. The molecule has 0 aliphatic carbocycles. The first-order valence-corrected chi connectivity index (χ1v) is 11.3. The largest absolute Gasteiger partial charge is 0.354 e. The van der Waals surface area contributed by atoms with Gasteiger partial charge in [0.2, 0.25) is 17.7 Å². The van der Waals surface area contributed by atoms with Crippen LogP contribution in [0.15, 0.2) is 66.2 Å². The zero-order valence-electron chi connectivity index (χ0n) is 17.9. The van der Waals surface area contributed by atoms with Crippen molar-refractivity contribution in [3.8, 4) is 0 Å². The Labute approximate surface area is 191 Å². The van der Waals surface area contributed by atoms with Crippen molar-refractivity contribution < 1.29 is 14.4 Å². The van der Waals surface area contributed by atoms with Crippen molar-refractivity contribution in [1.82, 2.24) is 10.3 Å². The lowest BCUT2D eigenvalue weighted by Gasteiger charge is -2.23. The van der Waals surface area contributed by atoms with Crippen LogP contribution in [-0.4, -0.2) is 35.8 Å². The molecule has 0 unspecified atom stereocenters. The standard InChI is InChI=1S/C24H26N4O3S/c1-18-6-5-9-20(16-18)28(17-22(30)25-13-12-19-7-3-2-4-8-19)23(31)11-10-21(29)27-24-26-14-15-32-24/h2-9,14-16H,10-13,17H2,1H3,(H,25,30)(H,26,27,29). The number of hydrogen-bond donors (Lipinski definition) is 2. The van der Waals surface area contributed by atoms with Gasteiger partial charge in [0, 0.05) is 36.7 Å². The van der Waals surface area contributed by atoms with Crippen LogP contribution < -0.4 is 15.5 Å². The predicted octanol–water partition coefficient (Wildman–Crippen LogP) is 3.56. The molecule has 0 radical (unpaired) electrons. The summed E-state index contributed by atoms with van der Waals surface area (Å²) < 4.78 is 0. The van der Waals surface area contributed by atoms with Crippen molar-refractivity contribution in [3.63, 3.8) is 0 Å². The fourth-order valence-electron chi connectivity index (χ4n) is 3.13. The van der Waals surface area contributed by atoms with E-state index >= 15 is 0 Å². The van der Waals surface area contributed by atoms with Crippen LogP contribution >= 0.6 is 11.3 Å². The summed E-state index contributed by atoms with van der Waals surface area (Å²) in [5, 5.41) is 7.80. The van der Waals surface area contributed by atoms with Gasteiger partial charge in [0.25, 0.3) is 0 Å². The number of anilines is 2. The molecule has 2 N–H and O–H groups in total. The molecule has 166 valence electrons. The van der Waals surface area contributed by atoms with E-state index in [0.717, 1.165) is 11.1 Å². The molecule has 2 aromatic carbocycles. The van der Waals surface area contributed by atoms with E-state index in [1.165, 1.54) is 16.2 Å². The average molecular weight is 451 g/mol. The first kappa shape index (κ1) is 23.1. The van der Waals surface area contributed by atoms with Crippen molar-refractivity contribution >= 4 is 39.9 Å². The Morgan fingerprint density at radius 3 is 2.53 bits per heavy atom. The molecule has 8 heteroatoms. The highest BCUT2D eigenvalue weighted by molar-refractivity contribution is 7.13. The van der Waals surface area contributed by atoms with E-state index in [-0.39, 0.29) is 37.1 Å². The van der Waals surface area contributed by atoms with Gasteiger partial charge in [0.1, 0.15) is 6.54 Å². The van der Waals surface area contributed by atoms with E-state index in [1.54, 1.807) is 17.6 Å². The number of nitrogens with zero attached hydrogens (tertiary/aromatic N) is 2. The summed E-state index contributed by atoms with van der Waals surface area (Å²) in [5.41, 5.74) is 2.74. The van der Waals surface area contributed by atoms with Crippen molar-refractivity contribution in [1.29, 1.82) is 0 Å². The number of amides is 3. The summed E-state index contributed by atoms with van der Waals surface area (Å²) in [4.78, 5) is 43.1. The molecule has 32 heavy (non-hydrogen) atoms. The highest BCUT2D eigenvalue weighted by Gasteiger charge is 2.20. The van der Waals surface area contributed by atoms with Crippen molar-refractivity contribution in [3.05, 3.63) is 77.3 Å². The normalized spacial score (nSPS) is 10.4. The lowest BCUT2D eigenvalue weighted by molar-refractivity contribution is -0.125. The van der Waals surface area contributed by atoms with E-state index in [4.69, 9.17) is 0 Å². The van der Waals surface area contributed by atoms with Crippen LogP contribution in [0.4, 0.5) is 10.8 Å². The van der Waals surface area contributed by atoms with Gasteiger partial charge >= 0.3 is 0 Å². The molecule has 0 saturated carbocycles. The molecule has 0 atom stereocenters. The van der Waals surface area contributed by atoms with Crippen LogP contribution in [0.3, 0.4) is 0 Å². The number of aromatic nitrogens is 1. The molecule has 0 spiro atoms. The first-order valence-electron chi connectivity index (χ1n) is 10.4. The van der Waals surface area contributed by atoms with E-state index in [1.807, 2.05) is 55.5 Å². The molecule has 1 aromatic heterocycles. The topological polar surface area (TPSA) is 91.4 Å². The van der Waals surface area contributed by atoms with Crippen LogP contribution in [0.1, 0.15) is 24.0 Å². The van der Waals surface area contributed by atoms with Gasteiger partial charge in [-0.05, 0) is 36.6 Å². The first-order chi connectivity index (χ1) is 15.5. The van der Waals surface area contributed by atoms with Crippen LogP contribution in [0, 0.1) is 6.92 Å². The number of hydrogen-bond acceptors (Lipinski definition) is 5. The number of aryl methyl sites for hydroxylation is 1. The van der Waals surface area contributed by atoms with Gasteiger partial charge in [-0.2, -0.15) is 0 Å². The highest BCUT2D eigenvalue weighted by atomic mass is 32.1. The summed E-state index contributed by atoms with van der Waals surface area (Å²) in [6.45, 7) is 2.30. The summed E-state index contributed by atoms with van der Waals surface area (Å²) >= 11 is 1.31. The van der Waals surface area contributed by atoms with Gasteiger partial charge in [0.05, 0.1) is 0 Å². The fourth-order valence-corrected chi connectivity index (χ4v) is 3.68. The molecular formula is C24H26N4O3S. The number of nitrogens with one attached hydrogen (secondary N) is 2. The number of rotatable bonds is 10. The van der Waals surface area contributed by atoms with E-state index in [2.05, 4.69) is 15.6 Å². The average Bonchev–Trinajstić information content (AvgIpc) is 3.29. The minimum absolute atomic E-state index is 0.0103. The molecule has 3 rings (SSSR count). The highest BCUT2D eigenvalue weighted by Crippen LogP contribution is 2.18. The second-order valence-electron chi connectivity index (χ2n) is 7.29. The summed E-state index contributed by atoms with van der Waals surface area (Å²) in [6.07, 6.45) is 2.31. The van der Waals surface area contributed by atoms with Gasteiger partial charge in [0.15, 0.2) is 5.13 Å². The SMILES string of the molecule is Cc1cccc(N(CC(=O)NCCc2ccccc2)C(=O)CCC(=O)Nc2nccs2)c1. The van der Waals surface area contributed by atoms with Crippen LogP contribution in [0.25, 0.3) is 0 Å². The summed E-state index contributed by atoms with van der Waals surface area (Å²) in [5.74, 6) is -0.823. The Balaban J connectivity index is 1.58. The van der Waals surface area contributed by atoms with Crippen molar-refractivity contribution in [2.24, 2.45) is 0 Å². The molecule has 0 aliphatic heterocycles. The molecule has 0 bridgehead atoms. The maximum Gasteiger partial charge on any atom is 0.240 e. The van der Waals surface area contributed by atoms with Crippen LogP contribution in [0.5, 0.6) is 0 Å². The molecule has 1 heterocycles. The second kappa shape index (κ2) is 11.8. The minimum Gasteiger partial charge on any atom is -0.354 e. The van der Waals surface area contributed by atoms with Gasteiger partial charge in [-0.3, -0.25) is 14.4 Å². The molecule has 0 aliphatic rings. The predicted molar refractivity (Wildman–Crippen MR) is 127 cm³/mol. The molecular weight excluding hydrogens is 424 g/mol. The quantitative estimate of drug-likeness (QED) is 0.494. The number of carbonyl (C=O) groups is 3. The third-order valence-corrected chi connectivity index (χ3v) is 5.43. The molecule has 3 aromatic rings. The minimum atomic E-state index is -0.289. The van der Waals surface area contributed by atoms with Crippen molar-refractivity contribution in [2.45, 2.75) is 26.2 Å². The third-order valence-electron chi connectivity index (χ3n) is 4.74. The van der Waals surface area contributed by atoms with Gasteiger partial charge in [-0.15, -0.1) is 11.3 Å². The van der Waals surface area contributed by atoms with Gasteiger partial charge in [-0.25, -0.2) is 4.98 Å². The maximum atomic E-state index is 12.9. The maximum absolute atomic E-state index is 12.9. The zero-order chi connectivity index (χ0) is 22.8. The number of carbonyl (C=O) groups excluding carboxylic acids is 3.